The SMILES string of the molecule is Cc1onc(-c2ccccc2Cl)c1C(=O)NC[C@H]1Cc2cc(F)ccc2O1. The molecule has 0 spiro atoms. The first kappa shape index (κ1) is 17.5. The van der Waals surface area contributed by atoms with E-state index in [2.05, 4.69) is 10.5 Å². The normalized spacial score (nSPS) is 15.3. The average molecular weight is 387 g/mol. The molecule has 0 unspecified atom stereocenters. The molecule has 1 aliphatic rings. The summed E-state index contributed by atoms with van der Waals surface area (Å²) in [6, 6.07) is 11.5. The van der Waals surface area contributed by atoms with Crippen LogP contribution in [0.1, 0.15) is 21.7 Å². The summed E-state index contributed by atoms with van der Waals surface area (Å²) in [7, 11) is 0. The maximum atomic E-state index is 13.3. The Bertz CT molecular complexity index is 1020. The van der Waals surface area contributed by atoms with Gasteiger partial charge in [0, 0.05) is 17.5 Å². The van der Waals surface area contributed by atoms with Crippen molar-refractivity contribution in [3.63, 3.8) is 0 Å². The molecule has 0 saturated heterocycles. The van der Waals surface area contributed by atoms with Gasteiger partial charge in [0.05, 0.1) is 11.6 Å². The van der Waals surface area contributed by atoms with Gasteiger partial charge in [0.1, 0.15) is 34.7 Å². The maximum Gasteiger partial charge on any atom is 0.257 e. The van der Waals surface area contributed by atoms with Gasteiger partial charge in [0.15, 0.2) is 0 Å². The van der Waals surface area contributed by atoms with Crippen molar-refractivity contribution in [1.29, 1.82) is 0 Å². The van der Waals surface area contributed by atoms with E-state index >= 15 is 0 Å². The van der Waals surface area contributed by atoms with Crippen molar-refractivity contribution in [3.05, 3.63) is 70.2 Å². The summed E-state index contributed by atoms with van der Waals surface area (Å²) >= 11 is 6.23. The summed E-state index contributed by atoms with van der Waals surface area (Å²) in [6.45, 7) is 1.95. The lowest BCUT2D eigenvalue weighted by molar-refractivity contribution is 0.0932. The Morgan fingerprint density at radius 3 is 2.96 bits per heavy atom. The Morgan fingerprint density at radius 1 is 1.33 bits per heavy atom. The topological polar surface area (TPSA) is 64.4 Å². The second-order valence-corrected chi connectivity index (χ2v) is 6.76. The molecule has 1 N–H and O–H groups in total. The van der Waals surface area contributed by atoms with E-state index in [1.54, 1.807) is 31.2 Å². The number of amides is 1. The van der Waals surface area contributed by atoms with E-state index in [4.69, 9.17) is 20.9 Å². The van der Waals surface area contributed by atoms with E-state index in [0.29, 0.717) is 39.8 Å². The Morgan fingerprint density at radius 2 is 2.15 bits per heavy atom. The monoisotopic (exact) mass is 386 g/mol. The molecular formula is C20H16ClFN2O3. The van der Waals surface area contributed by atoms with Crippen LogP contribution in [0.2, 0.25) is 5.02 Å². The Balaban J connectivity index is 1.49. The third kappa shape index (κ3) is 3.40. The first-order valence-electron chi connectivity index (χ1n) is 8.47. The molecule has 27 heavy (non-hydrogen) atoms. The zero-order chi connectivity index (χ0) is 19.0. The fraction of sp³-hybridized carbons (Fsp3) is 0.200. The fourth-order valence-electron chi connectivity index (χ4n) is 3.17. The highest BCUT2D eigenvalue weighted by Crippen LogP contribution is 2.31. The number of fused-ring (bicyclic) bond motifs is 1. The lowest BCUT2D eigenvalue weighted by Gasteiger charge is -2.12. The van der Waals surface area contributed by atoms with Crippen molar-refractivity contribution in [3.8, 4) is 17.0 Å². The largest absolute Gasteiger partial charge is 0.488 e. The molecule has 2 aromatic carbocycles. The zero-order valence-corrected chi connectivity index (χ0v) is 15.2. The predicted octanol–water partition coefficient (Wildman–Crippen LogP) is 4.18. The van der Waals surface area contributed by atoms with E-state index in [0.717, 1.165) is 5.56 Å². The van der Waals surface area contributed by atoms with Gasteiger partial charge >= 0.3 is 0 Å². The number of aryl methyl sites for hydroxylation is 1. The zero-order valence-electron chi connectivity index (χ0n) is 14.5. The van der Waals surface area contributed by atoms with Crippen LogP contribution in [-0.2, 0) is 6.42 Å². The number of benzene rings is 2. The molecule has 1 atom stereocenters. The van der Waals surface area contributed by atoms with Crippen molar-refractivity contribution in [2.75, 3.05) is 6.54 Å². The van der Waals surface area contributed by atoms with Crippen LogP contribution in [0.15, 0.2) is 47.0 Å². The molecule has 1 aromatic heterocycles. The van der Waals surface area contributed by atoms with Gasteiger partial charge in [-0.1, -0.05) is 35.0 Å². The van der Waals surface area contributed by atoms with E-state index in [-0.39, 0.29) is 24.4 Å². The van der Waals surface area contributed by atoms with E-state index < -0.39 is 0 Å². The first-order chi connectivity index (χ1) is 13.0. The Labute approximate surface area is 160 Å². The van der Waals surface area contributed by atoms with E-state index in [1.807, 2.05) is 6.07 Å². The lowest BCUT2D eigenvalue weighted by Crippen LogP contribution is -2.34. The molecule has 0 bridgehead atoms. The van der Waals surface area contributed by atoms with Crippen molar-refractivity contribution in [2.45, 2.75) is 19.4 Å². The van der Waals surface area contributed by atoms with Crippen LogP contribution in [0.25, 0.3) is 11.3 Å². The summed E-state index contributed by atoms with van der Waals surface area (Å²) in [4.78, 5) is 12.7. The Hall–Kier alpha value is -2.86. The van der Waals surface area contributed by atoms with Crippen molar-refractivity contribution < 1.29 is 18.4 Å². The van der Waals surface area contributed by atoms with E-state index in [1.165, 1.54) is 12.1 Å². The number of halogens is 2. The van der Waals surface area contributed by atoms with Gasteiger partial charge in [-0.25, -0.2) is 4.39 Å². The highest BCUT2D eigenvalue weighted by atomic mass is 35.5. The fourth-order valence-corrected chi connectivity index (χ4v) is 3.40. The van der Waals surface area contributed by atoms with Crippen LogP contribution in [0.3, 0.4) is 0 Å². The third-order valence-corrected chi connectivity index (χ3v) is 4.80. The van der Waals surface area contributed by atoms with Crippen LogP contribution >= 0.6 is 11.6 Å². The molecule has 138 valence electrons. The minimum absolute atomic E-state index is 0.255. The molecule has 4 rings (SSSR count). The van der Waals surface area contributed by atoms with Crippen LogP contribution < -0.4 is 10.1 Å². The number of hydrogen-bond acceptors (Lipinski definition) is 4. The number of nitrogens with one attached hydrogen (secondary N) is 1. The van der Waals surface area contributed by atoms with Gasteiger partial charge in [-0.15, -0.1) is 0 Å². The minimum Gasteiger partial charge on any atom is -0.488 e. The number of carbonyl (C=O) groups is 1. The first-order valence-corrected chi connectivity index (χ1v) is 8.85. The summed E-state index contributed by atoms with van der Waals surface area (Å²) in [6.07, 6.45) is 0.280. The predicted molar refractivity (Wildman–Crippen MR) is 98.5 cm³/mol. The summed E-state index contributed by atoms with van der Waals surface area (Å²) in [5, 5.41) is 7.33. The molecule has 3 aromatic rings. The summed E-state index contributed by atoms with van der Waals surface area (Å²) < 4.78 is 24.3. The highest BCUT2D eigenvalue weighted by molar-refractivity contribution is 6.33. The molecule has 1 amide bonds. The lowest BCUT2D eigenvalue weighted by atomic mass is 10.1. The molecular weight excluding hydrogens is 371 g/mol. The number of carbonyl (C=O) groups excluding carboxylic acids is 1. The van der Waals surface area contributed by atoms with E-state index in [9.17, 15) is 9.18 Å². The van der Waals surface area contributed by atoms with Crippen LogP contribution in [0.5, 0.6) is 5.75 Å². The molecule has 0 fully saturated rings. The highest BCUT2D eigenvalue weighted by Gasteiger charge is 2.26. The number of rotatable bonds is 4. The van der Waals surface area contributed by atoms with Crippen LogP contribution in [0.4, 0.5) is 4.39 Å². The molecule has 7 heteroatoms. The number of nitrogens with zero attached hydrogens (tertiary/aromatic N) is 1. The van der Waals surface area contributed by atoms with Gasteiger partial charge in [-0.2, -0.15) is 0 Å². The second-order valence-electron chi connectivity index (χ2n) is 6.35. The van der Waals surface area contributed by atoms with Gasteiger partial charge in [-0.3, -0.25) is 4.79 Å². The Kier molecular flexibility index (Phi) is 4.58. The standard InChI is InChI=1S/C20H16ClFN2O3/c1-11-18(19(24-27-11)15-4-2-3-5-16(15)21)20(25)23-10-14-9-12-8-13(22)6-7-17(12)26-14/h2-8,14H,9-10H2,1H3,(H,23,25)/t14-/m1/s1. The molecule has 5 nitrogen and oxygen atoms in total. The second kappa shape index (κ2) is 7.04. The number of ether oxygens (including phenoxy) is 1. The van der Waals surface area contributed by atoms with Crippen LogP contribution in [-0.4, -0.2) is 23.7 Å². The quantitative estimate of drug-likeness (QED) is 0.730. The average Bonchev–Trinajstić information content (AvgIpc) is 3.23. The smallest absolute Gasteiger partial charge is 0.257 e. The minimum atomic E-state index is -0.325. The van der Waals surface area contributed by atoms with Gasteiger partial charge < -0.3 is 14.6 Å². The molecule has 0 radical (unpaired) electrons. The number of aromatic nitrogens is 1. The maximum absolute atomic E-state index is 13.3. The molecule has 2 heterocycles. The molecule has 0 aliphatic carbocycles. The van der Waals surface area contributed by atoms with Crippen molar-refractivity contribution in [2.24, 2.45) is 0 Å². The number of hydrogen-bond donors (Lipinski definition) is 1. The van der Waals surface area contributed by atoms with Crippen molar-refractivity contribution >= 4 is 17.5 Å². The summed E-state index contributed by atoms with van der Waals surface area (Å²) in [5.74, 6) is 0.426. The van der Waals surface area contributed by atoms with Gasteiger partial charge in [0.25, 0.3) is 5.91 Å². The molecule has 0 saturated carbocycles. The van der Waals surface area contributed by atoms with Crippen LogP contribution in [0, 0.1) is 12.7 Å². The third-order valence-electron chi connectivity index (χ3n) is 4.47. The van der Waals surface area contributed by atoms with Gasteiger partial charge in [-0.05, 0) is 31.2 Å². The van der Waals surface area contributed by atoms with Crippen molar-refractivity contribution in [1.82, 2.24) is 10.5 Å². The summed E-state index contributed by atoms with van der Waals surface area (Å²) in [5.41, 5.74) is 2.16. The van der Waals surface area contributed by atoms with Gasteiger partial charge in [0.2, 0.25) is 0 Å². The molecule has 1 aliphatic heterocycles.